The van der Waals surface area contributed by atoms with E-state index in [1.807, 2.05) is 0 Å². The molecule has 0 N–H and O–H groups in total. The molecule has 0 heterocycles. The highest BCUT2D eigenvalue weighted by Crippen LogP contribution is 2.62. The lowest BCUT2D eigenvalue weighted by Gasteiger charge is -2.08. The van der Waals surface area contributed by atoms with E-state index in [1.54, 1.807) is 6.92 Å². The van der Waals surface area contributed by atoms with E-state index in [4.69, 9.17) is 34.4 Å². The van der Waals surface area contributed by atoms with Crippen molar-refractivity contribution in [1.82, 2.24) is 0 Å². The molecule has 0 rings (SSSR count). The fourth-order valence-electron chi connectivity index (χ4n) is 0.473. The van der Waals surface area contributed by atoms with Crippen LogP contribution in [0.4, 0.5) is 0 Å². The van der Waals surface area contributed by atoms with Gasteiger partial charge in [-0.25, -0.2) is 4.79 Å². The average Bonchev–Trinajstić information content (AvgIpc) is 1.99. The third kappa shape index (κ3) is 4.28. The van der Waals surface area contributed by atoms with Gasteiger partial charge in [0, 0.05) is 0 Å². The molecule has 74 valence electrons. The van der Waals surface area contributed by atoms with Crippen LogP contribution in [-0.4, -0.2) is 12.7 Å². The molecule has 0 saturated carbocycles. The Hall–Kier alpha value is 0.180. The van der Waals surface area contributed by atoms with Crippen LogP contribution in [0.3, 0.4) is 0 Å². The van der Waals surface area contributed by atoms with E-state index in [2.05, 4.69) is 9.52 Å². The van der Waals surface area contributed by atoms with Crippen LogP contribution in [0, 0.1) is 0 Å². The quantitative estimate of drug-likeness (QED) is 0.444. The highest BCUT2D eigenvalue weighted by Gasteiger charge is 2.28. The van der Waals surface area contributed by atoms with Gasteiger partial charge >= 0.3 is 6.72 Å². The Morgan fingerprint density at radius 1 is 1.62 bits per heavy atom. The molecule has 0 bridgehead atoms. The number of carbonyl (C=O) groups excluding carboxylic acids is 1. The average molecular weight is 264 g/mol. The molecule has 0 spiro atoms. The second-order valence-electron chi connectivity index (χ2n) is 1.68. The molecule has 0 aliphatic carbocycles. The van der Waals surface area contributed by atoms with Crippen molar-refractivity contribution >= 4 is 47.2 Å². The van der Waals surface area contributed by atoms with Crippen LogP contribution in [0.25, 0.3) is 0 Å². The normalized spacial score (nSPS) is 14.2. The summed E-state index contributed by atoms with van der Waals surface area (Å²) in [4.78, 5) is 12.9. The SMILES string of the molecule is CCOP(=O)(Cl)C(N=C=O)=C(Cl)Cl. The van der Waals surface area contributed by atoms with Crippen molar-refractivity contribution in [3.63, 3.8) is 0 Å². The van der Waals surface area contributed by atoms with E-state index in [1.165, 1.54) is 0 Å². The number of halogens is 3. The van der Waals surface area contributed by atoms with Crippen molar-refractivity contribution in [2.75, 3.05) is 6.61 Å². The lowest BCUT2D eigenvalue weighted by molar-refractivity contribution is 0.349. The minimum atomic E-state index is -3.72. The molecule has 1 atom stereocenters. The largest absolute Gasteiger partial charge is 0.341 e. The highest BCUT2D eigenvalue weighted by atomic mass is 35.7. The summed E-state index contributed by atoms with van der Waals surface area (Å²) in [6.45, 7) is -2.06. The molecule has 0 aliphatic heterocycles. The molecule has 1 unspecified atom stereocenters. The second kappa shape index (κ2) is 5.82. The number of nitrogens with zero attached hydrogens (tertiary/aromatic N) is 1. The van der Waals surface area contributed by atoms with Crippen LogP contribution in [0.2, 0.25) is 0 Å². The topological polar surface area (TPSA) is 55.7 Å². The van der Waals surface area contributed by atoms with Gasteiger partial charge in [-0.3, -0.25) is 4.57 Å². The first-order chi connectivity index (χ1) is 5.95. The maximum atomic E-state index is 11.4. The van der Waals surface area contributed by atoms with Crippen LogP contribution < -0.4 is 0 Å². The zero-order valence-corrected chi connectivity index (χ0v) is 9.62. The molecule has 0 fully saturated rings. The molecule has 0 aromatic carbocycles. The first-order valence-electron chi connectivity index (χ1n) is 3.03. The number of isocyanates is 1. The second-order valence-corrected chi connectivity index (χ2v) is 5.61. The number of aliphatic imine (C=N–C) groups is 1. The Balaban J connectivity index is 5.09. The van der Waals surface area contributed by atoms with Crippen LogP contribution in [0.1, 0.15) is 6.92 Å². The van der Waals surface area contributed by atoms with Gasteiger partial charge < -0.3 is 4.52 Å². The van der Waals surface area contributed by atoms with Gasteiger partial charge in [-0.1, -0.05) is 23.2 Å². The molecule has 4 nitrogen and oxygen atoms in total. The summed E-state index contributed by atoms with van der Waals surface area (Å²) in [6.07, 6.45) is 1.13. The van der Waals surface area contributed by atoms with E-state index < -0.39 is 16.7 Å². The summed E-state index contributed by atoms with van der Waals surface area (Å²) in [5.74, 6) is 0. The fourth-order valence-corrected chi connectivity index (χ4v) is 2.96. The first-order valence-corrected chi connectivity index (χ1v) is 6.32. The van der Waals surface area contributed by atoms with E-state index in [-0.39, 0.29) is 6.61 Å². The molecule has 0 aromatic rings. The molecule has 0 radical (unpaired) electrons. The first kappa shape index (κ1) is 13.2. The highest BCUT2D eigenvalue weighted by molar-refractivity contribution is 7.88. The number of rotatable bonds is 4. The molecular formula is C5H5Cl3NO3P. The summed E-state index contributed by atoms with van der Waals surface area (Å²) in [5.41, 5.74) is -0.491. The molecule has 0 aliphatic rings. The van der Waals surface area contributed by atoms with Crippen LogP contribution in [-0.2, 0) is 13.9 Å². The molecular weight excluding hydrogens is 259 g/mol. The summed E-state index contributed by atoms with van der Waals surface area (Å²) in [6, 6.07) is 0. The standard InChI is InChI=1S/C5H5Cl3NO3P/c1-2-12-13(8,11)5(4(6)7)9-3-10/h2H2,1H3. The van der Waals surface area contributed by atoms with Gasteiger partial charge in [0.2, 0.25) is 6.08 Å². The van der Waals surface area contributed by atoms with E-state index >= 15 is 0 Å². The Morgan fingerprint density at radius 3 is 2.46 bits per heavy atom. The van der Waals surface area contributed by atoms with E-state index in [9.17, 15) is 9.36 Å². The van der Waals surface area contributed by atoms with Gasteiger partial charge in [-0.15, -0.1) is 0 Å². The smallest absolute Gasteiger partial charge is 0.313 e. The van der Waals surface area contributed by atoms with Crippen molar-refractivity contribution in [3.8, 4) is 0 Å². The van der Waals surface area contributed by atoms with Crippen molar-refractivity contribution in [2.45, 2.75) is 6.92 Å². The summed E-state index contributed by atoms with van der Waals surface area (Å²) in [5, 5.41) is 0. The fraction of sp³-hybridized carbons (Fsp3) is 0.400. The van der Waals surface area contributed by atoms with Crippen LogP contribution in [0.15, 0.2) is 14.9 Å². The predicted octanol–water partition coefficient (Wildman–Crippen LogP) is 3.39. The predicted molar refractivity (Wildman–Crippen MR) is 51.9 cm³/mol. The molecule has 8 heteroatoms. The van der Waals surface area contributed by atoms with E-state index in [0.29, 0.717) is 0 Å². The van der Waals surface area contributed by atoms with Crippen molar-refractivity contribution in [3.05, 3.63) is 9.93 Å². The van der Waals surface area contributed by atoms with Gasteiger partial charge in [-0.05, 0) is 18.2 Å². The Kier molecular flexibility index (Phi) is 5.90. The van der Waals surface area contributed by atoms with Gasteiger partial charge in [-0.2, -0.15) is 4.99 Å². The molecule has 0 saturated heterocycles. The maximum Gasteiger partial charge on any atom is 0.341 e. The molecule has 0 amide bonds. The minimum Gasteiger partial charge on any atom is -0.313 e. The van der Waals surface area contributed by atoms with Gasteiger partial charge in [0.15, 0.2) is 5.44 Å². The number of hydrogen-bond donors (Lipinski definition) is 0. The third-order valence-corrected chi connectivity index (χ3v) is 3.68. The zero-order chi connectivity index (χ0) is 10.5. The monoisotopic (exact) mass is 263 g/mol. The Morgan fingerprint density at radius 2 is 2.15 bits per heavy atom. The van der Waals surface area contributed by atoms with Crippen LogP contribution >= 0.6 is 41.2 Å². The minimum absolute atomic E-state index is 0.0830. The van der Waals surface area contributed by atoms with E-state index in [0.717, 1.165) is 6.08 Å². The van der Waals surface area contributed by atoms with Gasteiger partial charge in [0.05, 0.1) is 6.61 Å². The number of hydrogen-bond acceptors (Lipinski definition) is 4. The Labute approximate surface area is 89.8 Å². The summed E-state index contributed by atoms with van der Waals surface area (Å²) < 4.78 is 15.5. The molecule has 13 heavy (non-hydrogen) atoms. The molecule has 0 aromatic heterocycles. The Bertz CT molecular complexity index is 306. The van der Waals surface area contributed by atoms with Crippen molar-refractivity contribution in [2.24, 2.45) is 4.99 Å². The van der Waals surface area contributed by atoms with Crippen molar-refractivity contribution < 1.29 is 13.9 Å². The van der Waals surface area contributed by atoms with Crippen LogP contribution in [0.5, 0.6) is 0 Å². The van der Waals surface area contributed by atoms with Gasteiger partial charge in [0.25, 0.3) is 0 Å². The summed E-state index contributed by atoms with van der Waals surface area (Å²) in [7, 11) is 0. The lowest BCUT2D eigenvalue weighted by atomic mass is 10.9. The zero-order valence-electron chi connectivity index (χ0n) is 6.46. The maximum absolute atomic E-state index is 11.4. The van der Waals surface area contributed by atoms with Crippen molar-refractivity contribution in [1.29, 1.82) is 0 Å². The van der Waals surface area contributed by atoms with Gasteiger partial charge in [0.1, 0.15) is 4.49 Å². The lowest BCUT2D eigenvalue weighted by Crippen LogP contribution is -1.86. The third-order valence-electron chi connectivity index (χ3n) is 0.869. The summed E-state index contributed by atoms with van der Waals surface area (Å²) >= 11 is 16.0.